The first-order valence-electron chi connectivity index (χ1n) is 6.14. The zero-order valence-corrected chi connectivity index (χ0v) is 10.6. The Morgan fingerprint density at radius 2 is 2.11 bits per heavy atom. The minimum Gasteiger partial charge on any atom is -0.497 e. The molecule has 0 spiro atoms. The number of fused-ring (bicyclic) bond motifs is 3. The Morgan fingerprint density at radius 3 is 2.89 bits per heavy atom. The van der Waals surface area contributed by atoms with E-state index in [1.165, 1.54) is 0 Å². The number of aryl methyl sites for hydroxylation is 1. The second-order valence-electron chi connectivity index (χ2n) is 4.70. The summed E-state index contributed by atoms with van der Waals surface area (Å²) in [5, 5.41) is 4.35. The summed E-state index contributed by atoms with van der Waals surface area (Å²) in [6.07, 6.45) is 0.891. The summed E-state index contributed by atoms with van der Waals surface area (Å²) in [4.78, 5) is 15.0. The van der Waals surface area contributed by atoms with Crippen LogP contribution in [0.5, 0.6) is 5.75 Å². The first-order valence-corrected chi connectivity index (χ1v) is 6.14. The van der Waals surface area contributed by atoms with Crippen LogP contribution >= 0.6 is 0 Å². The van der Waals surface area contributed by atoms with Crippen molar-refractivity contribution in [1.82, 2.24) is 10.3 Å². The number of nitrogens with one attached hydrogen (secondary N) is 2. The highest BCUT2D eigenvalue weighted by Gasteiger charge is 2.17. The molecule has 0 saturated heterocycles. The van der Waals surface area contributed by atoms with Crippen LogP contribution in [0.2, 0.25) is 0 Å². The summed E-state index contributed by atoms with van der Waals surface area (Å²) >= 11 is 0. The molecule has 0 atom stereocenters. The van der Waals surface area contributed by atoms with E-state index in [-0.39, 0.29) is 5.56 Å². The van der Waals surface area contributed by atoms with Gasteiger partial charge in [-0.2, -0.15) is 0 Å². The molecule has 2 aromatic rings. The lowest BCUT2D eigenvalue weighted by atomic mass is 9.96. The van der Waals surface area contributed by atoms with Gasteiger partial charge >= 0.3 is 0 Å². The van der Waals surface area contributed by atoms with Crippen LogP contribution in [-0.2, 0) is 13.0 Å². The maximum Gasteiger partial charge on any atom is 0.253 e. The Labute approximate surface area is 105 Å². The van der Waals surface area contributed by atoms with Gasteiger partial charge in [-0.1, -0.05) is 0 Å². The lowest BCUT2D eigenvalue weighted by molar-refractivity contribution is 0.415. The highest BCUT2D eigenvalue weighted by Crippen LogP contribution is 2.27. The van der Waals surface area contributed by atoms with Crippen molar-refractivity contribution < 1.29 is 4.74 Å². The number of H-pyrrole nitrogens is 1. The summed E-state index contributed by atoms with van der Waals surface area (Å²) in [5.41, 5.74) is 4.03. The lowest BCUT2D eigenvalue weighted by Crippen LogP contribution is -2.30. The SMILES string of the molecule is COc1cc(C)c2[nH]c(=O)c3c(c2c1)CCNC3. The van der Waals surface area contributed by atoms with Gasteiger partial charge in [-0.15, -0.1) is 0 Å². The van der Waals surface area contributed by atoms with E-state index >= 15 is 0 Å². The van der Waals surface area contributed by atoms with Crippen LogP contribution < -0.4 is 15.6 Å². The van der Waals surface area contributed by atoms with E-state index in [9.17, 15) is 4.79 Å². The first-order chi connectivity index (χ1) is 8.70. The van der Waals surface area contributed by atoms with Crippen molar-refractivity contribution in [2.24, 2.45) is 0 Å². The fourth-order valence-electron chi connectivity index (χ4n) is 2.66. The highest BCUT2D eigenvalue weighted by atomic mass is 16.5. The van der Waals surface area contributed by atoms with E-state index in [2.05, 4.69) is 10.3 Å². The third-order valence-electron chi connectivity index (χ3n) is 3.60. The third kappa shape index (κ3) is 1.61. The Kier molecular flexibility index (Phi) is 2.59. The largest absolute Gasteiger partial charge is 0.497 e. The fraction of sp³-hybridized carbons (Fsp3) is 0.357. The molecular formula is C14H16N2O2. The van der Waals surface area contributed by atoms with Crippen LogP contribution in [0.25, 0.3) is 10.9 Å². The molecule has 18 heavy (non-hydrogen) atoms. The van der Waals surface area contributed by atoms with E-state index < -0.39 is 0 Å². The van der Waals surface area contributed by atoms with E-state index in [1.807, 2.05) is 19.1 Å². The predicted molar refractivity (Wildman–Crippen MR) is 71.3 cm³/mol. The van der Waals surface area contributed by atoms with Crippen molar-refractivity contribution >= 4 is 10.9 Å². The van der Waals surface area contributed by atoms with Gasteiger partial charge in [0.1, 0.15) is 5.75 Å². The second-order valence-corrected chi connectivity index (χ2v) is 4.70. The van der Waals surface area contributed by atoms with Crippen LogP contribution in [0.4, 0.5) is 0 Å². The molecule has 1 aromatic carbocycles. The predicted octanol–water partition coefficient (Wildman–Crippen LogP) is 1.49. The molecule has 0 aliphatic carbocycles. The molecule has 2 heterocycles. The molecule has 0 amide bonds. The molecule has 94 valence electrons. The van der Waals surface area contributed by atoms with Crippen molar-refractivity contribution in [2.45, 2.75) is 19.9 Å². The number of aromatic amines is 1. The van der Waals surface area contributed by atoms with Gasteiger partial charge in [-0.3, -0.25) is 4.79 Å². The van der Waals surface area contributed by atoms with Gasteiger partial charge in [0.25, 0.3) is 5.56 Å². The summed E-state index contributed by atoms with van der Waals surface area (Å²) in [5.74, 6) is 0.841. The molecule has 3 rings (SSSR count). The molecule has 4 nitrogen and oxygen atoms in total. The standard InChI is InChI=1S/C14H16N2O2/c1-8-5-9(18-2)6-11-10-3-4-15-7-12(10)14(17)16-13(8)11/h5-6,15H,3-4,7H2,1-2H3,(H,16,17). The number of rotatable bonds is 1. The number of methoxy groups -OCH3 is 1. The van der Waals surface area contributed by atoms with E-state index in [0.717, 1.165) is 46.3 Å². The zero-order chi connectivity index (χ0) is 12.7. The van der Waals surface area contributed by atoms with Crippen LogP contribution in [-0.4, -0.2) is 18.6 Å². The van der Waals surface area contributed by atoms with Gasteiger partial charge in [-0.05, 0) is 43.1 Å². The number of pyridine rings is 1. The van der Waals surface area contributed by atoms with Crippen molar-refractivity contribution in [3.8, 4) is 5.75 Å². The van der Waals surface area contributed by atoms with Crippen molar-refractivity contribution in [3.05, 3.63) is 39.2 Å². The Hall–Kier alpha value is -1.81. The summed E-state index contributed by atoms with van der Waals surface area (Å²) in [7, 11) is 1.67. The van der Waals surface area contributed by atoms with Crippen molar-refractivity contribution in [3.63, 3.8) is 0 Å². The van der Waals surface area contributed by atoms with Gasteiger partial charge in [-0.25, -0.2) is 0 Å². The smallest absolute Gasteiger partial charge is 0.253 e. The van der Waals surface area contributed by atoms with Gasteiger partial charge in [0.05, 0.1) is 12.6 Å². The van der Waals surface area contributed by atoms with E-state index in [1.54, 1.807) is 7.11 Å². The quantitative estimate of drug-likeness (QED) is 0.799. The van der Waals surface area contributed by atoms with Gasteiger partial charge in [0, 0.05) is 17.5 Å². The van der Waals surface area contributed by atoms with E-state index in [4.69, 9.17) is 4.74 Å². The summed E-state index contributed by atoms with van der Waals surface area (Å²) in [6.45, 7) is 3.56. The maximum atomic E-state index is 12.1. The Morgan fingerprint density at radius 1 is 1.28 bits per heavy atom. The number of hydrogen-bond acceptors (Lipinski definition) is 3. The highest BCUT2D eigenvalue weighted by molar-refractivity contribution is 5.87. The monoisotopic (exact) mass is 244 g/mol. The zero-order valence-electron chi connectivity index (χ0n) is 10.6. The van der Waals surface area contributed by atoms with Gasteiger partial charge in [0.2, 0.25) is 0 Å². The third-order valence-corrected chi connectivity index (χ3v) is 3.60. The first kappa shape index (κ1) is 11.3. The summed E-state index contributed by atoms with van der Waals surface area (Å²) in [6, 6.07) is 3.97. The molecule has 2 N–H and O–H groups in total. The normalized spacial score (nSPS) is 14.6. The molecule has 0 radical (unpaired) electrons. The molecule has 1 aliphatic rings. The molecule has 4 heteroatoms. The van der Waals surface area contributed by atoms with Crippen LogP contribution in [0.1, 0.15) is 16.7 Å². The van der Waals surface area contributed by atoms with E-state index in [0.29, 0.717) is 6.54 Å². The Balaban J connectivity index is 2.42. The van der Waals surface area contributed by atoms with Gasteiger partial charge in [0.15, 0.2) is 0 Å². The molecule has 0 fully saturated rings. The second kappa shape index (κ2) is 4.14. The number of benzene rings is 1. The molecule has 1 aromatic heterocycles. The molecule has 0 bridgehead atoms. The minimum atomic E-state index is 0.0259. The molecular weight excluding hydrogens is 228 g/mol. The lowest BCUT2D eigenvalue weighted by Gasteiger charge is -2.19. The molecule has 1 aliphatic heterocycles. The maximum absolute atomic E-state index is 12.1. The molecule has 0 unspecified atom stereocenters. The Bertz CT molecular complexity index is 674. The number of aromatic nitrogens is 1. The minimum absolute atomic E-state index is 0.0259. The van der Waals surface area contributed by atoms with Crippen LogP contribution in [0.15, 0.2) is 16.9 Å². The van der Waals surface area contributed by atoms with Crippen LogP contribution in [0, 0.1) is 6.92 Å². The van der Waals surface area contributed by atoms with Gasteiger partial charge < -0.3 is 15.0 Å². The van der Waals surface area contributed by atoms with Crippen LogP contribution in [0.3, 0.4) is 0 Å². The topological polar surface area (TPSA) is 54.1 Å². The fourth-order valence-corrected chi connectivity index (χ4v) is 2.66. The van der Waals surface area contributed by atoms with Crippen molar-refractivity contribution in [1.29, 1.82) is 0 Å². The average Bonchev–Trinajstić information content (AvgIpc) is 2.40. The summed E-state index contributed by atoms with van der Waals surface area (Å²) < 4.78 is 5.32. The molecule has 0 saturated carbocycles. The average molecular weight is 244 g/mol. The number of ether oxygens (including phenoxy) is 1. The van der Waals surface area contributed by atoms with Crippen molar-refractivity contribution in [2.75, 3.05) is 13.7 Å². The number of hydrogen-bond donors (Lipinski definition) is 2.